The van der Waals surface area contributed by atoms with Gasteiger partial charge in [-0.15, -0.1) is 12.4 Å². The van der Waals surface area contributed by atoms with Gasteiger partial charge in [0, 0.05) is 19.4 Å². The van der Waals surface area contributed by atoms with Crippen LogP contribution < -0.4 is 21.7 Å². The summed E-state index contributed by atoms with van der Waals surface area (Å²) in [5.41, 5.74) is 8.76. The number of benzene rings is 3. The van der Waals surface area contributed by atoms with E-state index in [1.165, 1.54) is 12.1 Å². The quantitative estimate of drug-likeness (QED) is 0.217. The van der Waals surface area contributed by atoms with Crippen LogP contribution >= 0.6 is 12.4 Å². The van der Waals surface area contributed by atoms with Gasteiger partial charge in [-0.1, -0.05) is 86.6 Å². The second-order valence-electron chi connectivity index (χ2n) is 9.98. The molecule has 0 aliphatic carbocycles. The Morgan fingerprint density at radius 2 is 1.18 bits per heavy atom. The first-order valence-electron chi connectivity index (χ1n) is 13.2. The van der Waals surface area contributed by atoms with Crippen molar-refractivity contribution in [1.82, 2.24) is 16.0 Å². The number of carbonyl (C=O) groups excluding carboxylic acids is 3. The molecule has 0 radical (unpaired) electrons. The van der Waals surface area contributed by atoms with E-state index in [1.807, 2.05) is 74.5 Å². The number of phenolic OH excluding ortho intramolecular Hbond substituents is 1. The summed E-state index contributed by atoms with van der Waals surface area (Å²) in [5, 5.41) is 18.2. The van der Waals surface area contributed by atoms with Crippen LogP contribution in [0.2, 0.25) is 0 Å². The molecule has 3 rings (SSSR count). The first kappa shape index (κ1) is 32.3. The number of carbonyl (C=O) groups is 3. The minimum Gasteiger partial charge on any atom is -0.508 e. The molecule has 0 aliphatic heterocycles. The Bertz CT molecular complexity index is 1210. The van der Waals surface area contributed by atoms with Crippen LogP contribution in [0.15, 0.2) is 84.9 Å². The molecular formula is C31H39ClN4O4. The zero-order chi connectivity index (χ0) is 28.2. The fourth-order valence-electron chi connectivity index (χ4n) is 4.08. The molecule has 0 aromatic heterocycles. The average Bonchev–Trinajstić information content (AvgIpc) is 2.94. The van der Waals surface area contributed by atoms with Gasteiger partial charge in [-0.2, -0.15) is 0 Å². The summed E-state index contributed by atoms with van der Waals surface area (Å²) in [7, 11) is 0. The lowest BCUT2D eigenvalue weighted by Crippen LogP contribution is -2.57. The maximum atomic E-state index is 13.5. The number of rotatable bonds is 13. The highest BCUT2D eigenvalue weighted by Gasteiger charge is 2.29. The Hall–Kier alpha value is -3.88. The van der Waals surface area contributed by atoms with Gasteiger partial charge in [0.2, 0.25) is 17.7 Å². The number of hydrogen-bond donors (Lipinski definition) is 5. The molecule has 6 N–H and O–H groups in total. The van der Waals surface area contributed by atoms with Crippen LogP contribution in [0.4, 0.5) is 0 Å². The molecule has 0 spiro atoms. The maximum absolute atomic E-state index is 13.5. The SMILES string of the molecule is CC(C)[C@H](N)C(=O)N[C@@H](Cc1ccc(O)cc1)C(=O)N[C@@H](Cc1ccccc1)C(=O)NCCc1ccccc1.Cl. The zero-order valence-corrected chi connectivity index (χ0v) is 23.7. The fourth-order valence-corrected chi connectivity index (χ4v) is 4.08. The number of hydrogen-bond acceptors (Lipinski definition) is 5. The van der Waals surface area contributed by atoms with Crippen molar-refractivity contribution in [2.45, 2.75) is 51.2 Å². The van der Waals surface area contributed by atoms with Crippen molar-refractivity contribution in [3.05, 3.63) is 102 Å². The van der Waals surface area contributed by atoms with Crippen LogP contribution in [0.25, 0.3) is 0 Å². The molecule has 0 bridgehead atoms. The van der Waals surface area contributed by atoms with Crippen molar-refractivity contribution in [1.29, 1.82) is 0 Å². The number of nitrogens with one attached hydrogen (secondary N) is 3. The van der Waals surface area contributed by atoms with Gasteiger partial charge >= 0.3 is 0 Å². The standard InChI is InChI=1S/C31H38N4O4.ClH/c1-21(2)28(32)31(39)35-27(20-24-13-15-25(36)16-14-24)30(38)34-26(19-23-11-7-4-8-12-23)29(37)33-18-17-22-9-5-3-6-10-22;/h3-16,21,26-28,36H,17-20,32H2,1-2H3,(H,33,37)(H,34,38)(H,35,39);1H/t26-,27-,28-;/m0./s1. The maximum Gasteiger partial charge on any atom is 0.243 e. The Kier molecular flexibility index (Phi) is 13.2. The van der Waals surface area contributed by atoms with Gasteiger partial charge in [-0.3, -0.25) is 14.4 Å². The minimum absolute atomic E-state index is 0. The Morgan fingerprint density at radius 3 is 1.73 bits per heavy atom. The molecule has 3 amide bonds. The van der Waals surface area contributed by atoms with Gasteiger partial charge in [-0.05, 0) is 41.2 Å². The summed E-state index contributed by atoms with van der Waals surface area (Å²) >= 11 is 0. The van der Waals surface area contributed by atoms with E-state index < -0.39 is 29.9 Å². The normalized spacial score (nSPS) is 12.9. The van der Waals surface area contributed by atoms with Crippen molar-refractivity contribution in [2.24, 2.45) is 11.7 Å². The second-order valence-corrected chi connectivity index (χ2v) is 9.98. The molecule has 3 aromatic rings. The van der Waals surface area contributed by atoms with E-state index >= 15 is 0 Å². The van der Waals surface area contributed by atoms with Gasteiger partial charge in [0.15, 0.2) is 0 Å². The zero-order valence-electron chi connectivity index (χ0n) is 22.9. The summed E-state index contributed by atoms with van der Waals surface area (Å²) in [4.78, 5) is 39.6. The number of nitrogens with two attached hydrogens (primary N) is 1. The van der Waals surface area contributed by atoms with Gasteiger partial charge in [0.05, 0.1) is 6.04 Å². The van der Waals surface area contributed by atoms with Crippen LogP contribution in [-0.2, 0) is 33.6 Å². The summed E-state index contributed by atoms with van der Waals surface area (Å²) < 4.78 is 0. The van der Waals surface area contributed by atoms with E-state index in [2.05, 4.69) is 16.0 Å². The van der Waals surface area contributed by atoms with Crippen LogP contribution in [-0.4, -0.2) is 47.5 Å². The number of amides is 3. The molecule has 0 unspecified atom stereocenters. The Morgan fingerprint density at radius 1 is 0.700 bits per heavy atom. The lowest BCUT2D eigenvalue weighted by molar-refractivity contribution is -0.132. The topological polar surface area (TPSA) is 134 Å². The highest BCUT2D eigenvalue weighted by molar-refractivity contribution is 5.93. The van der Waals surface area contributed by atoms with Crippen LogP contribution in [0.1, 0.15) is 30.5 Å². The molecule has 0 heterocycles. The molecule has 0 aliphatic rings. The number of halogens is 1. The van der Waals surface area contributed by atoms with Crippen LogP contribution in [0, 0.1) is 5.92 Å². The third-order valence-corrected chi connectivity index (χ3v) is 6.50. The molecule has 8 nitrogen and oxygen atoms in total. The van der Waals surface area contributed by atoms with Crippen LogP contribution in [0.5, 0.6) is 5.75 Å². The van der Waals surface area contributed by atoms with E-state index in [1.54, 1.807) is 12.1 Å². The number of phenols is 1. The van der Waals surface area contributed by atoms with E-state index in [4.69, 9.17) is 5.73 Å². The van der Waals surface area contributed by atoms with Gasteiger partial charge < -0.3 is 26.8 Å². The molecule has 3 aromatic carbocycles. The fraction of sp³-hybridized carbons (Fsp3) is 0.323. The smallest absolute Gasteiger partial charge is 0.243 e. The molecule has 214 valence electrons. The van der Waals surface area contributed by atoms with E-state index in [-0.39, 0.29) is 42.8 Å². The van der Waals surface area contributed by atoms with Gasteiger partial charge in [-0.25, -0.2) is 0 Å². The third-order valence-electron chi connectivity index (χ3n) is 6.50. The summed E-state index contributed by atoms with van der Waals surface area (Å²) in [5.74, 6) is -1.27. The first-order chi connectivity index (χ1) is 18.7. The van der Waals surface area contributed by atoms with Crippen molar-refractivity contribution < 1.29 is 19.5 Å². The summed E-state index contributed by atoms with van der Waals surface area (Å²) in [6.07, 6.45) is 1.11. The minimum atomic E-state index is -0.970. The molecule has 0 fully saturated rings. The molecule has 40 heavy (non-hydrogen) atoms. The monoisotopic (exact) mass is 566 g/mol. The predicted molar refractivity (Wildman–Crippen MR) is 159 cm³/mol. The van der Waals surface area contributed by atoms with Crippen molar-refractivity contribution in [3.8, 4) is 5.75 Å². The van der Waals surface area contributed by atoms with Crippen molar-refractivity contribution >= 4 is 30.1 Å². The van der Waals surface area contributed by atoms with Gasteiger partial charge in [0.1, 0.15) is 17.8 Å². The molecule has 0 saturated carbocycles. The molecule has 9 heteroatoms. The number of aromatic hydroxyl groups is 1. The Labute approximate surface area is 242 Å². The molecule has 0 saturated heterocycles. The molecular weight excluding hydrogens is 528 g/mol. The average molecular weight is 567 g/mol. The summed E-state index contributed by atoms with van der Waals surface area (Å²) in [6, 6.07) is 23.0. The summed E-state index contributed by atoms with van der Waals surface area (Å²) in [6.45, 7) is 4.07. The third kappa shape index (κ3) is 10.4. The van der Waals surface area contributed by atoms with E-state index in [9.17, 15) is 19.5 Å². The Balaban J connectivity index is 0.00000560. The van der Waals surface area contributed by atoms with E-state index in [0.29, 0.717) is 13.0 Å². The first-order valence-corrected chi connectivity index (χ1v) is 13.2. The van der Waals surface area contributed by atoms with Crippen molar-refractivity contribution in [2.75, 3.05) is 6.54 Å². The molecule has 3 atom stereocenters. The lowest BCUT2D eigenvalue weighted by Gasteiger charge is -2.25. The second kappa shape index (κ2) is 16.3. The van der Waals surface area contributed by atoms with Crippen LogP contribution in [0.3, 0.4) is 0 Å². The van der Waals surface area contributed by atoms with Gasteiger partial charge in [0.25, 0.3) is 0 Å². The van der Waals surface area contributed by atoms with Crippen molar-refractivity contribution in [3.63, 3.8) is 0 Å². The van der Waals surface area contributed by atoms with E-state index in [0.717, 1.165) is 16.7 Å². The highest BCUT2D eigenvalue weighted by atomic mass is 35.5. The highest BCUT2D eigenvalue weighted by Crippen LogP contribution is 2.13. The predicted octanol–water partition coefficient (Wildman–Crippen LogP) is 2.91. The largest absolute Gasteiger partial charge is 0.508 e. The lowest BCUT2D eigenvalue weighted by atomic mass is 10.0.